The average molecular weight is 388 g/mol. The van der Waals surface area contributed by atoms with Crippen LogP contribution in [-0.2, 0) is 9.59 Å². The summed E-state index contributed by atoms with van der Waals surface area (Å²) >= 11 is 6.01. The second-order valence-corrected chi connectivity index (χ2v) is 6.75. The molecule has 0 radical (unpaired) electrons. The van der Waals surface area contributed by atoms with E-state index in [0.717, 1.165) is 0 Å². The Bertz CT molecular complexity index is 794. The maximum absolute atomic E-state index is 12.6. The highest BCUT2D eigenvalue weighted by atomic mass is 35.5. The van der Waals surface area contributed by atoms with Crippen molar-refractivity contribution in [2.24, 2.45) is 0 Å². The van der Waals surface area contributed by atoms with Gasteiger partial charge in [-0.15, -0.1) is 0 Å². The maximum Gasteiger partial charge on any atom is 0.225 e. The van der Waals surface area contributed by atoms with Crippen molar-refractivity contribution >= 4 is 35.1 Å². The summed E-state index contributed by atoms with van der Waals surface area (Å²) in [4.78, 5) is 38.5. The molecule has 0 unspecified atom stereocenters. The molecule has 3 rings (SSSR count). The molecule has 0 N–H and O–H groups in total. The lowest BCUT2D eigenvalue weighted by Crippen LogP contribution is -2.49. The Hall–Kier alpha value is -2.67. The van der Waals surface area contributed by atoms with E-state index in [0.29, 0.717) is 49.4 Å². The number of carbonyl (C=O) groups excluding carboxylic acids is 2. The van der Waals surface area contributed by atoms with Crippen molar-refractivity contribution in [2.45, 2.75) is 13.3 Å². The lowest BCUT2D eigenvalue weighted by molar-refractivity contribution is -0.131. The van der Waals surface area contributed by atoms with Crippen LogP contribution in [0.25, 0.3) is 0 Å². The number of hydrogen-bond acceptors (Lipinski definition) is 5. The van der Waals surface area contributed by atoms with Gasteiger partial charge >= 0.3 is 0 Å². The number of halogens is 1. The number of carbonyl (C=O) groups is 2. The molecular weight excluding hydrogens is 366 g/mol. The summed E-state index contributed by atoms with van der Waals surface area (Å²) in [6.45, 7) is 4.45. The van der Waals surface area contributed by atoms with Crippen LogP contribution in [0.3, 0.4) is 0 Å². The molecule has 0 spiro atoms. The minimum Gasteiger partial charge on any atom is -0.339 e. The van der Waals surface area contributed by atoms with Gasteiger partial charge in [0.2, 0.25) is 17.8 Å². The number of amides is 2. The smallest absolute Gasteiger partial charge is 0.225 e. The van der Waals surface area contributed by atoms with Crippen LogP contribution in [0.4, 0.5) is 11.6 Å². The van der Waals surface area contributed by atoms with Gasteiger partial charge < -0.3 is 14.7 Å². The van der Waals surface area contributed by atoms with Crippen LogP contribution < -0.4 is 9.80 Å². The first-order chi connectivity index (χ1) is 13.0. The van der Waals surface area contributed by atoms with Crippen LogP contribution in [0.2, 0.25) is 5.02 Å². The molecule has 2 aromatic rings. The summed E-state index contributed by atoms with van der Waals surface area (Å²) in [6.07, 6.45) is 3.70. The molecular formula is C19H22ClN5O2. The van der Waals surface area contributed by atoms with Gasteiger partial charge in [0.15, 0.2) is 0 Å². The van der Waals surface area contributed by atoms with E-state index in [1.54, 1.807) is 41.6 Å². The van der Waals surface area contributed by atoms with Crippen molar-refractivity contribution in [1.82, 2.24) is 14.9 Å². The average Bonchev–Trinajstić information content (AvgIpc) is 2.68. The largest absolute Gasteiger partial charge is 0.339 e. The van der Waals surface area contributed by atoms with E-state index in [4.69, 9.17) is 11.6 Å². The topological polar surface area (TPSA) is 69.6 Å². The zero-order chi connectivity index (χ0) is 19.2. The molecule has 7 nitrogen and oxygen atoms in total. The Labute approximate surface area is 163 Å². The fourth-order valence-corrected chi connectivity index (χ4v) is 3.27. The molecule has 0 bridgehead atoms. The SMILES string of the molecule is CC(=O)N(CCC(=O)N1CCN(c2ncccn2)CC1)c1cccc(Cl)c1. The Morgan fingerprint density at radius 1 is 1.11 bits per heavy atom. The van der Waals surface area contributed by atoms with Crippen LogP contribution in [0.5, 0.6) is 0 Å². The highest BCUT2D eigenvalue weighted by Gasteiger charge is 2.23. The lowest BCUT2D eigenvalue weighted by Gasteiger charge is -2.35. The maximum atomic E-state index is 12.6. The van der Waals surface area contributed by atoms with Crippen molar-refractivity contribution in [3.8, 4) is 0 Å². The Morgan fingerprint density at radius 3 is 2.44 bits per heavy atom. The van der Waals surface area contributed by atoms with E-state index in [9.17, 15) is 9.59 Å². The highest BCUT2D eigenvalue weighted by molar-refractivity contribution is 6.30. The summed E-state index contributed by atoms with van der Waals surface area (Å²) in [5, 5.41) is 0.560. The summed E-state index contributed by atoms with van der Waals surface area (Å²) < 4.78 is 0. The summed E-state index contributed by atoms with van der Waals surface area (Å²) in [5.41, 5.74) is 0.703. The Kier molecular flexibility index (Phi) is 6.24. The summed E-state index contributed by atoms with van der Waals surface area (Å²) in [7, 11) is 0. The molecule has 1 fully saturated rings. The molecule has 0 atom stereocenters. The first-order valence-electron chi connectivity index (χ1n) is 8.88. The number of piperazine rings is 1. The molecule has 2 amide bonds. The number of hydrogen-bond donors (Lipinski definition) is 0. The molecule has 1 aliphatic rings. The van der Waals surface area contributed by atoms with Crippen molar-refractivity contribution in [1.29, 1.82) is 0 Å². The first-order valence-corrected chi connectivity index (χ1v) is 9.26. The number of aromatic nitrogens is 2. The van der Waals surface area contributed by atoms with Crippen LogP contribution in [-0.4, -0.2) is 59.4 Å². The normalized spacial score (nSPS) is 14.1. The van der Waals surface area contributed by atoms with Crippen LogP contribution >= 0.6 is 11.6 Å². The van der Waals surface area contributed by atoms with Gasteiger partial charge in [-0.2, -0.15) is 0 Å². The van der Waals surface area contributed by atoms with E-state index < -0.39 is 0 Å². The van der Waals surface area contributed by atoms with Gasteiger partial charge in [0.25, 0.3) is 0 Å². The number of anilines is 2. The minimum absolute atomic E-state index is 0.0388. The van der Waals surface area contributed by atoms with Crippen LogP contribution in [0, 0.1) is 0 Å². The van der Waals surface area contributed by atoms with Gasteiger partial charge in [-0.1, -0.05) is 17.7 Å². The first kappa shape index (κ1) is 19.1. The van der Waals surface area contributed by atoms with Crippen LogP contribution in [0.15, 0.2) is 42.7 Å². The van der Waals surface area contributed by atoms with Gasteiger partial charge in [-0.25, -0.2) is 9.97 Å². The second-order valence-electron chi connectivity index (χ2n) is 6.32. The van der Waals surface area contributed by atoms with Gasteiger partial charge in [-0.05, 0) is 24.3 Å². The second kappa shape index (κ2) is 8.81. The Balaban J connectivity index is 1.54. The van der Waals surface area contributed by atoms with Crippen LogP contribution in [0.1, 0.15) is 13.3 Å². The molecule has 142 valence electrons. The van der Waals surface area contributed by atoms with Gasteiger partial charge in [0.05, 0.1) is 0 Å². The zero-order valence-electron chi connectivity index (χ0n) is 15.2. The molecule has 0 aliphatic carbocycles. The molecule has 1 aromatic carbocycles. The van der Waals surface area contributed by atoms with Crippen molar-refractivity contribution in [3.63, 3.8) is 0 Å². The van der Waals surface area contributed by atoms with E-state index >= 15 is 0 Å². The van der Waals surface area contributed by atoms with E-state index in [2.05, 4.69) is 14.9 Å². The van der Waals surface area contributed by atoms with Crippen molar-refractivity contribution in [3.05, 3.63) is 47.7 Å². The third-order valence-corrected chi connectivity index (χ3v) is 4.75. The predicted molar refractivity (Wildman–Crippen MR) is 105 cm³/mol. The van der Waals surface area contributed by atoms with E-state index in [-0.39, 0.29) is 18.2 Å². The summed E-state index contributed by atoms with van der Waals surface area (Å²) in [6, 6.07) is 8.87. The van der Waals surface area contributed by atoms with Gasteiger partial charge in [0, 0.05) is 69.2 Å². The van der Waals surface area contributed by atoms with Crippen molar-refractivity contribution < 1.29 is 9.59 Å². The third-order valence-electron chi connectivity index (χ3n) is 4.52. The van der Waals surface area contributed by atoms with E-state index in [1.807, 2.05) is 11.0 Å². The molecule has 2 heterocycles. The number of rotatable bonds is 5. The van der Waals surface area contributed by atoms with Crippen molar-refractivity contribution in [2.75, 3.05) is 42.5 Å². The fourth-order valence-electron chi connectivity index (χ4n) is 3.09. The standard InChI is InChI=1S/C19H22ClN5O2/c1-15(26)25(17-5-2-4-16(20)14-17)9-6-18(27)23-10-12-24(13-11-23)19-21-7-3-8-22-19/h2-5,7-8,14H,6,9-13H2,1H3. The monoisotopic (exact) mass is 387 g/mol. The van der Waals surface area contributed by atoms with Gasteiger partial charge in [0.1, 0.15) is 0 Å². The zero-order valence-corrected chi connectivity index (χ0v) is 16.0. The molecule has 8 heteroatoms. The molecule has 1 aliphatic heterocycles. The fraction of sp³-hybridized carbons (Fsp3) is 0.368. The van der Waals surface area contributed by atoms with E-state index in [1.165, 1.54) is 6.92 Å². The molecule has 27 heavy (non-hydrogen) atoms. The molecule has 1 aromatic heterocycles. The Morgan fingerprint density at radius 2 is 1.81 bits per heavy atom. The quantitative estimate of drug-likeness (QED) is 0.786. The minimum atomic E-state index is -0.115. The third kappa shape index (κ3) is 4.95. The van der Waals surface area contributed by atoms with Gasteiger partial charge in [-0.3, -0.25) is 9.59 Å². The summed E-state index contributed by atoms with van der Waals surface area (Å²) in [5.74, 6) is 0.612. The molecule has 1 saturated heterocycles. The highest BCUT2D eigenvalue weighted by Crippen LogP contribution is 2.20. The lowest BCUT2D eigenvalue weighted by atomic mass is 10.2. The predicted octanol–water partition coefficient (Wildman–Crippen LogP) is 2.22. The number of benzene rings is 1. The number of nitrogens with zero attached hydrogens (tertiary/aromatic N) is 5. The molecule has 0 saturated carbocycles.